The molecule has 0 saturated heterocycles. The average Bonchev–Trinajstić information content (AvgIpc) is 2.66. The van der Waals surface area contributed by atoms with Gasteiger partial charge in [0.25, 0.3) is 0 Å². The minimum atomic E-state index is -0.229. The molecule has 0 amide bonds. The van der Waals surface area contributed by atoms with Crippen LogP contribution in [0.25, 0.3) is 11.0 Å². The third kappa shape index (κ3) is 2.39. The van der Waals surface area contributed by atoms with Crippen LogP contribution in [-0.4, -0.2) is 21.3 Å². The molecule has 0 radical (unpaired) electrons. The van der Waals surface area contributed by atoms with Crippen molar-refractivity contribution in [2.75, 3.05) is 6.61 Å². The van der Waals surface area contributed by atoms with Crippen LogP contribution < -0.4 is 0 Å². The van der Waals surface area contributed by atoms with E-state index < -0.39 is 0 Å². The molecule has 19 heavy (non-hydrogen) atoms. The van der Waals surface area contributed by atoms with Crippen LogP contribution in [-0.2, 0) is 17.9 Å². The Hall–Kier alpha value is -1.35. The van der Waals surface area contributed by atoms with E-state index in [0.29, 0.717) is 0 Å². The van der Waals surface area contributed by atoms with Crippen LogP contribution >= 0.6 is 0 Å². The summed E-state index contributed by atoms with van der Waals surface area (Å²) in [5.74, 6) is 1.08. The van der Waals surface area contributed by atoms with Crippen LogP contribution in [0.5, 0.6) is 0 Å². The first kappa shape index (κ1) is 14.1. The molecule has 0 aliphatic carbocycles. The normalized spacial score (nSPS) is 13.2. The van der Waals surface area contributed by atoms with Gasteiger partial charge in [-0.1, -0.05) is 40.7 Å². The van der Waals surface area contributed by atoms with Gasteiger partial charge < -0.3 is 9.67 Å². The average molecular weight is 260 g/mol. The predicted molar refractivity (Wildman–Crippen MR) is 79.5 cm³/mol. The van der Waals surface area contributed by atoms with Crippen LogP contribution in [0.15, 0.2) is 18.2 Å². The van der Waals surface area contributed by atoms with E-state index >= 15 is 0 Å². The number of rotatable bonds is 2. The quantitative estimate of drug-likeness (QED) is 0.900. The first-order chi connectivity index (χ1) is 8.66. The van der Waals surface area contributed by atoms with E-state index in [1.165, 1.54) is 0 Å². The third-order valence-electron chi connectivity index (χ3n) is 3.73. The van der Waals surface area contributed by atoms with Crippen molar-refractivity contribution in [2.45, 2.75) is 45.4 Å². The molecule has 0 unspecified atom stereocenters. The molecule has 1 aromatic carbocycles. The summed E-state index contributed by atoms with van der Waals surface area (Å²) >= 11 is 0. The molecule has 0 fully saturated rings. The van der Waals surface area contributed by atoms with E-state index in [0.717, 1.165) is 22.4 Å². The van der Waals surface area contributed by atoms with Gasteiger partial charge in [0.15, 0.2) is 0 Å². The van der Waals surface area contributed by atoms with Crippen molar-refractivity contribution < 1.29 is 5.11 Å². The Kier molecular flexibility index (Phi) is 3.21. The van der Waals surface area contributed by atoms with Crippen LogP contribution in [0.1, 0.15) is 46.0 Å². The summed E-state index contributed by atoms with van der Waals surface area (Å²) in [4.78, 5) is 4.77. The van der Waals surface area contributed by atoms with Crippen molar-refractivity contribution in [3.8, 4) is 0 Å². The molecule has 1 heterocycles. The zero-order chi connectivity index (χ0) is 14.4. The molecule has 0 atom stereocenters. The molecule has 2 rings (SSSR count). The van der Waals surface area contributed by atoms with Crippen LogP contribution in [0.3, 0.4) is 0 Å². The molecule has 3 heteroatoms. The second kappa shape index (κ2) is 4.34. The molecule has 0 aliphatic rings. The zero-order valence-corrected chi connectivity index (χ0v) is 12.8. The van der Waals surface area contributed by atoms with Gasteiger partial charge in [0.2, 0.25) is 0 Å². The summed E-state index contributed by atoms with van der Waals surface area (Å²) in [7, 11) is 2.06. The first-order valence-corrected chi connectivity index (χ1v) is 6.75. The lowest BCUT2D eigenvalue weighted by molar-refractivity contribution is 0.218. The van der Waals surface area contributed by atoms with Crippen molar-refractivity contribution in [2.24, 2.45) is 7.05 Å². The van der Waals surface area contributed by atoms with Crippen LogP contribution in [0.4, 0.5) is 0 Å². The molecule has 1 N–H and O–H groups in total. The smallest absolute Gasteiger partial charge is 0.115 e. The highest BCUT2D eigenvalue weighted by Crippen LogP contribution is 2.29. The molecule has 0 saturated carbocycles. The Balaban J connectivity index is 2.63. The lowest BCUT2D eigenvalue weighted by Gasteiger charge is -2.22. The van der Waals surface area contributed by atoms with E-state index in [1.54, 1.807) is 0 Å². The highest BCUT2D eigenvalue weighted by atomic mass is 16.3. The standard InChI is InChI=1S/C16H24N2O/c1-15(2,3)14-17-12-9-11(16(4,5)10-19)7-8-13(12)18(14)6/h7-9,19H,10H2,1-6H3. The van der Waals surface area contributed by atoms with Crippen LogP contribution in [0, 0.1) is 0 Å². The molecule has 104 valence electrons. The summed E-state index contributed by atoms with van der Waals surface area (Å²) in [5, 5.41) is 9.48. The fourth-order valence-corrected chi connectivity index (χ4v) is 2.38. The van der Waals surface area contributed by atoms with Crippen molar-refractivity contribution >= 4 is 11.0 Å². The van der Waals surface area contributed by atoms with Gasteiger partial charge in [-0.3, -0.25) is 0 Å². The predicted octanol–water partition coefficient (Wildman–Crippen LogP) is 3.14. The van der Waals surface area contributed by atoms with Crippen molar-refractivity contribution in [1.29, 1.82) is 0 Å². The number of imidazole rings is 1. The summed E-state index contributed by atoms with van der Waals surface area (Å²) in [5.41, 5.74) is 3.07. The number of aliphatic hydroxyl groups is 1. The molecule has 0 spiro atoms. The molecular formula is C16H24N2O. The summed E-state index contributed by atoms with van der Waals surface area (Å²) in [6.07, 6.45) is 0. The van der Waals surface area contributed by atoms with Gasteiger partial charge in [-0.15, -0.1) is 0 Å². The maximum absolute atomic E-state index is 9.48. The van der Waals surface area contributed by atoms with Crippen molar-refractivity contribution in [1.82, 2.24) is 9.55 Å². The molecular weight excluding hydrogens is 236 g/mol. The number of benzene rings is 1. The maximum Gasteiger partial charge on any atom is 0.115 e. The van der Waals surface area contributed by atoms with E-state index in [-0.39, 0.29) is 17.4 Å². The summed E-state index contributed by atoms with van der Waals surface area (Å²) in [6, 6.07) is 6.29. The lowest BCUT2D eigenvalue weighted by atomic mass is 9.85. The van der Waals surface area contributed by atoms with Gasteiger partial charge >= 0.3 is 0 Å². The molecule has 0 aliphatic heterocycles. The van der Waals surface area contributed by atoms with Crippen LogP contribution in [0.2, 0.25) is 0 Å². The fraction of sp³-hybridized carbons (Fsp3) is 0.562. The number of nitrogens with zero attached hydrogens (tertiary/aromatic N) is 2. The minimum Gasteiger partial charge on any atom is -0.395 e. The van der Waals surface area contributed by atoms with E-state index in [1.807, 2.05) is 13.8 Å². The van der Waals surface area contributed by atoms with Gasteiger partial charge in [-0.25, -0.2) is 4.98 Å². The number of aliphatic hydroxyl groups excluding tert-OH is 1. The second-order valence-corrected chi connectivity index (χ2v) is 6.99. The van der Waals surface area contributed by atoms with Gasteiger partial charge in [-0.2, -0.15) is 0 Å². The van der Waals surface area contributed by atoms with Gasteiger partial charge in [-0.05, 0) is 17.7 Å². The van der Waals surface area contributed by atoms with E-state index in [4.69, 9.17) is 4.98 Å². The Bertz CT molecular complexity index is 603. The fourth-order valence-electron chi connectivity index (χ4n) is 2.38. The van der Waals surface area contributed by atoms with Gasteiger partial charge in [0, 0.05) is 17.9 Å². The minimum absolute atomic E-state index is 0.0282. The number of aryl methyl sites for hydroxylation is 1. The number of aromatic nitrogens is 2. The Morgan fingerprint density at radius 2 is 1.79 bits per heavy atom. The van der Waals surface area contributed by atoms with Gasteiger partial charge in [0.05, 0.1) is 17.6 Å². The zero-order valence-electron chi connectivity index (χ0n) is 12.8. The Labute approximate surface area is 115 Å². The van der Waals surface area contributed by atoms with E-state index in [2.05, 4.69) is 50.6 Å². The molecule has 1 aromatic heterocycles. The molecule has 0 bridgehead atoms. The number of hydrogen-bond donors (Lipinski definition) is 1. The monoisotopic (exact) mass is 260 g/mol. The Morgan fingerprint density at radius 3 is 2.32 bits per heavy atom. The first-order valence-electron chi connectivity index (χ1n) is 6.75. The van der Waals surface area contributed by atoms with E-state index in [9.17, 15) is 5.11 Å². The van der Waals surface area contributed by atoms with Crippen molar-refractivity contribution in [3.63, 3.8) is 0 Å². The molecule has 3 nitrogen and oxygen atoms in total. The lowest BCUT2D eigenvalue weighted by Crippen LogP contribution is -2.21. The SMILES string of the molecule is Cn1c(C(C)(C)C)nc2cc(C(C)(C)CO)ccc21. The highest BCUT2D eigenvalue weighted by Gasteiger charge is 2.23. The Morgan fingerprint density at radius 1 is 1.16 bits per heavy atom. The third-order valence-corrected chi connectivity index (χ3v) is 3.73. The second-order valence-electron chi connectivity index (χ2n) is 6.99. The van der Waals surface area contributed by atoms with Gasteiger partial charge in [0.1, 0.15) is 5.82 Å². The number of fused-ring (bicyclic) bond motifs is 1. The highest BCUT2D eigenvalue weighted by molar-refractivity contribution is 5.77. The largest absolute Gasteiger partial charge is 0.395 e. The maximum atomic E-state index is 9.48. The number of hydrogen-bond acceptors (Lipinski definition) is 2. The topological polar surface area (TPSA) is 38.0 Å². The van der Waals surface area contributed by atoms with Crippen molar-refractivity contribution in [3.05, 3.63) is 29.6 Å². The summed E-state index contributed by atoms with van der Waals surface area (Å²) in [6.45, 7) is 10.7. The molecule has 2 aromatic rings. The summed E-state index contributed by atoms with van der Waals surface area (Å²) < 4.78 is 2.16.